The lowest BCUT2D eigenvalue weighted by atomic mass is 10.0. The van der Waals surface area contributed by atoms with E-state index in [1.807, 2.05) is 26.0 Å². The van der Waals surface area contributed by atoms with Gasteiger partial charge >= 0.3 is 0 Å². The molecule has 2 aromatic carbocycles. The molecule has 0 aliphatic rings. The molecule has 0 spiro atoms. The number of ketones is 1. The third-order valence-corrected chi connectivity index (χ3v) is 4.43. The summed E-state index contributed by atoms with van der Waals surface area (Å²) in [5, 5.41) is 1.11. The molecule has 0 unspecified atom stereocenters. The van der Waals surface area contributed by atoms with E-state index in [4.69, 9.17) is 23.2 Å². The van der Waals surface area contributed by atoms with Gasteiger partial charge in [-0.1, -0.05) is 39.1 Å². The predicted octanol–water partition coefficient (Wildman–Crippen LogP) is 6.35. The molecule has 0 saturated heterocycles. The number of carbonyl (C=O) groups excluding carboxylic acids is 1. The van der Waals surface area contributed by atoms with Crippen molar-refractivity contribution in [3.63, 3.8) is 0 Å². The van der Waals surface area contributed by atoms with Crippen LogP contribution in [0.1, 0.15) is 28.4 Å². The fraction of sp³-hybridized carbons (Fsp3) is 0.118. The van der Waals surface area contributed by atoms with Crippen LogP contribution in [0.25, 0.3) is 5.57 Å². The Bertz CT molecular complexity index is 715. The van der Waals surface area contributed by atoms with Crippen molar-refractivity contribution >= 4 is 50.5 Å². The maximum Gasteiger partial charge on any atom is 0.186 e. The van der Waals surface area contributed by atoms with E-state index in [0.29, 0.717) is 15.6 Å². The maximum absolute atomic E-state index is 12.3. The Hall–Kier alpha value is -1.09. The summed E-state index contributed by atoms with van der Waals surface area (Å²) >= 11 is 15.4. The molecule has 0 N–H and O–H groups in total. The number of halogens is 3. The van der Waals surface area contributed by atoms with Gasteiger partial charge in [-0.3, -0.25) is 4.79 Å². The van der Waals surface area contributed by atoms with Crippen LogP contribution in [0, 0.1) is 6.92 Å². The summed E-state index contributed by atoms with van der Waals surface area (Å²) in [5.41, 5.74) is 3.35. The fourth-order valence-electron chi connectivity index (χ4n) is 1.94. The molecule has 21 heavy (non-hydrogen) atoms. The minimum absolute atomic E-state index is 0.0424. The molecule has 108 valence electrons. The standard InChI is InChI=1S/C17H13BrCl2O/c1-10(13-7-14(19)9-15(20)8-13)6-17(21)12-3-4-16(18)11(2)5-12/h3-9H,1-2H3/b10-6-. The normalized spacial score (nSPS) is 11.6. The molecule has 0 atom stereocenters. The monoisotopic (exact) mass is 382 g/mol. The second-order valence-corrected chi connectivity index (χ2v) is 6.54. The van der Waals surface area contributed by atoms with Gasteiger partial charge in [-0.25, -0.2) is 0 Å². The molecular formula is C17H13BrCl2O. The summed E-state index contributed by atoms with van der Waals surface area (Å²) in [6.45, 7) is 3.82. The van der Waals surface area contributed by atoms with Gasteiger partial charge in [-0.15, -0.1) is 0 Å². The second-order valence-electron chi connectivity index (χ2n) is 4.81. The van der Waals surface area contributed by atoms with Gasteiger partial charge in [-0.05, 0) is 73.0 Å². The van der Waals surface area contributed by atoms with Gasteiger partial charge < -0.3 is 0 Å². The third kappa shape index (κ3) is 4.19. The fourth-order valence-corrected chi connectivity index (χ4v) is 2.72. The van der Waals surface area contributed by atoms with Crippen molar-refractivity contribution in [1.82, 2.24) is 0 Å². The van der Waals surface area contributed by atoms with Crippen LogP contribution in [0.4, 0.5) is 0 Å². The molecule has 0 radical (unpaired) electrons. The van der Waals surface area contributed by atoms with E-state index in [1.165, 1.54) is 0 Å². The van der Waals surface area contributed by atoms with Gasteiger partial charge in [0.25, 0.3) is 0 Å². The smallest absolute Gasteiger partial charge is 0.186 e. The van der Waals surface area contributed by atoms with Gasteiger partial charge in [0.15, 0.2) is 5.78 Å². The topological polar surface area (TPSA) is 17.1 Å². The molecule has 0 aliphatic heterocycles. The summed E-state index contributed by atoms with van der Waals surface area (Å²) in [6, 6.07) is 10.8. The Morgan fingerprint density at radius 3 is 2.24 bits per heavy atom. The molecule has 0 fully saturated rings. The Morgan fingerprint density at radius 2 is 1.67 bits per heavy atom. The molecule has 0 heterocycles. The van der Waals surface area contributed by atoms with E-state index < -0.39 is 0 Å². The highest BCUT2D eigenvalue weighted by Crippen LogP contribution is 2.25. The van der Waals surface area contributed by atoms with E-state index in [-0.39, 0.29) is 5.78 Å². The molecular weight excluding hydrogens is 371 g/mol. The lowest BCUT2D eigenvalue weighted by Crippen LogP contribution is -1.96. The molecule has 0 aromatic heterocycles. The minimum Gasteiger partial charge on any atom is -0.289 e. The van der Waals surface area contributed by atoms with Crippen molar-refractivity contribution < 1.29 is 4.79 Å². The Labute approximate surface area is 142 Å². The van der Waals surface area contributed by atoms with Crippen LogP contribution in [0.5, 0.6) is 0 Å². The highest BCUT2D eigenvalue weighted by Gasteiger charge is 2.07. The van der Waals surface area contributed by atoms with E-state index in [1.54, 1.807) is 30.3 Å². The first-order chi connectivity index (χ1) is 9.86. The lowest BCUT2D eigenvalue weighted by molar-refractivity contribution is 0.104. The first kappa shape index (κ1) is 16.3. The molecule has 0 amide bonds. The van der Waals surface area contributed by atoms with Gasteiger partial charge in [0.2, 0.25) is 0 Å². The van der Waals surface area contributed by atoms with Crippen molar-refractivity contribution in [2.45, 2.75) is 13.8 Å². The zero-order chi connectivity index (χ0) is 15.6. The average Bonchev–Trinajstić information content (AvgIpc) is 2.40. The van der Waals surface area contributed by atoms with Crippen LogP contribution >= 0.6 is 39.1 Å². The summed E-state index contributed by atoms with van der Waals surface area (Å²) < 4.78 is 0.987. The molecule has 2 rings (SSSR count). The van der Waals surface area contributed by atoms with Gasteiger partial charge in [-0.2, -0.15) is 0 Å². The Kier molecular flexibility index (Phi) is 5.26. The quantitative estimate of drug-likeness (QED) is 0.445. The summed E-state index contributed by atoms with van der Waals surface area (Å²) in [4.78, 5) is 12.3. The zero-order valence-corrected chi connectivity index (χ0v) is 14.7. The van der Waals surface area contributed by atoms with Crippen LogP contribution in [-0.2, 0) is 0 Å². The maximum atomic E-state index is 12.3. The third-order valence-electron chi connectivity index (χ3n) is 3.11. The highest BCUT2D eigenvalue weighted by molar-refractivity contribution is 9.10. The van der Waals surface area contributed by atoms with Crippen LogP contribution < -0.4 is 0 Å². The molecule has 0 aliphatic carbocycles. The number of carbonyl (C=O) groups is 1. The van der Waals surface area contributed by atoms with E-state index in [2.05, 4.69) is 15.9 Å². The van der Waals surface area contributed by atoms with Crippen LogP contribution in [0.15, 0.2) is 46.9 Å². The second kappa shape index (κ2) is 6.78. The summed E-state index contributed by atoms with van der Waals surface area (Å²) in [7, 11) is 0. The SMILES string of the molecule is C/C(=C/C(=O)c1ccc(Br)c(C)c1)c1cc(Cl)cc(Cl)c1. The first-order valence-corrected chi connectivity index (χ1v) is 7.87. The van der Waals surface area contributed by atoms with Crippen molar-refractivity contribution in [3.05, 3.63) is 73.7 Å². The molecule has 1 nitrogen and oxygen atoms in total. The van der Waals surface area contributed by atoms with E-state index >= 15 is 0 Å². The number of rotatable bonds is 3. The van der Waals surface area contributed by atoms with Crippen molar-refractivity contribution in [2.24, 2.45) is 0 Å². The zero-order valence-electron chi connectivity index (χ0n) is 11.6. The number of aryl methyl sites for hydroxylation is 1. The summed E-state index contributed by atoms with van der Waals surface area (Å²) in [6.07, 6.45) is 1.60. The minimum atomic E-state index is -0.0424. The van der Waals surface area contributed by atoms with Gasteiger partial charge in [0.05, 0.1) is 0 Å². The van der Waals surface area contributed by atoms with E-state index in [9.17, 15) is 4.79 Å². The van der Waals surface area contributed by atoms with Crippen molar-refractivity contribution in [1.29, 1.82) is 0 Å². The molecule has 2 aromatic rings. The largest absolute Gasteiger partial charge is 0.289 e. The van der Waals surface area contributed by atoms with Crippen LogP contribution in [0.2, 0.25) is 10.0 Å². The Balaban J connectivity index is 2.33. The molecule has 0 bridgehead atoms. The highest BCUT2D eigenvalue weighted by atomic mass is 79.9. The predicted molar refractivity (Wildman–Crippen MR) is 93.3 cm³/mol. The lowest BCUT2D eigenvalue weighted by Gasteiger charge is -2.05. The van der Waals surface area contributed by atoms with Crippen LogP contribution in [0.3, 0.4) is 0 Å². The van der Waals surface area contributed by atoms with E-state index in [0.717, 1.165) is 21.2 Å². The number of benzene rings is 2. The Morgan fingerprint density at radius 1 is 1.05 bits per heavy atom. The number of hydrogen-bond donors (Lipinski definition) is 0. The van der Waals surface area contributed by atoms with Gasteiger partial charge in [0.1, 0.15) is 0 Å². The number of hydrogen-bond acceptors (Lipinski definition) is 1. The average molecular weight is 384 g/mol. The van der Waals surface area contributed by atoms with Crippen molar-refractivity contribution in [2.75, 3.05) is 0 Å². The van der Waals surface area contributed by atoms with Crippen molar-refractivity contribution in [3.8, 4) is 0 Å². The van der Waals surface area contributed by atoms with Crippen LogP contribution in [-0.4, -0.2) is 5.78 Å². The first-order valence-electron chi connectivity index (χ1n) is 6.32. The molecule has 4 heteroatoms. The summed E-state index contributed by atoms with van der Waals surface area (Å²) in [5.74, 6) is -0.0424. The number of allylic oxidation sites excluding steroid dienone is 2. The molecule has 0 saturated carbocycles. The van der Waals surface area contributed by atoms with Gasteiger partial charge in [0, 0.05) is 20.1 Å².